The van der Waals surface area contributed by atoms with E-state index in [2.05, 4.69) is 10.6 Å². The van der Waals surface area contributed by atoms with E-state index in [9.17, 15) is 14.0 Å². The van der Waals surface area contributed by atoms with E-state index in [1.165, 1.54) is 52.5 Å². The number of hydrogen-bond acceptors (Lipinski definition) is 5. The Balaban J connectivity index is 2.34. The van der Waals surface area contributed by atoms with Crippen LogP contribution < -0.4 is 24.8 Å². The second-order valence-electron chi connectivity index (χ2n) is 5.24. The van der Waals surface area contributed by atoms with Gasteiger partial charge in [-0.15, -0.1) is 0 Å². The molecule has 0 heterocycles. The molecule has 0 spiro atoms. The molecule has 0 radical (unpaired) electrons. The molecule has 2 N–H and O–H groups in total. The van der Waals surface area contributed by atoms with Gasteiger partial charge in [0.05, 0.1) is 27.0 Å². The van der Waals surface area contributed by atoms with Gasteiger partial charge >= 0.3 is 0 Å². The summed E-state index contributed by atoms with van der Waals surface area (Å²) >= 11 is 0. The maximum absolute atomic E-state index is 14.0. The minimum atomic E-state index is -0.639. The highest BCUT2D eigenvalue weighted by Gasteiger charge is 2.18. The van der Waals surface area contributed by atoms with E-state index in [1.807, 2.05) is 0 Å². The third-order valence-corrected chi connectivity index (χ3v) is 3.46. The van der Waals surface area contributed by atoms with Crippen LogP contribution in [0.4, 0.5) is 15.8 Å². The van der Waals surface area contributed by atoms with Crippen LogP contribution in [0.1, 0.15) is 17.3 Å². The van der Waals surface area contributed by atoms with E-state index < -0.39 is 11.7 Å². The maximum atomic E-state index is 14.0. The molecule has 7 nitrogen and oxygen atoms in total. The molecule has 2 aromatic rings. The Morgan fingerprint density at radius 2 is 1.54 bits per heavy atom. The Labute approximate surface area is 150 Å². The Kier molecular flexibility index (Phi) is 6.00. The van der Waals surface area contributed by atoms with Crippen molar-refractivity contribution in [2.75, 3.05) is 32.0 Å². The van der Waals surface area contributed by atoms with Crippen molar-refractivity contribution in [3.63, 3.8) is 0 Å². The lowest BCUT2D eigenvalue weighted by Crippen LogP contribution is -2.14. The summed E-state index contributed by atoms with van der Waals surface area (Å²) in [5.41, 5.74) is 0.470. The lowest BCUT2D eigenvalue weighted by atomic mass is 10.1. The molecule has 0 aromatic heterocycles. The van der Waals surface area contributed by atoms with Gasteiger partial charge < -0.3 is 24.8 Å². The van der Waals surface area contributed by atoms with Crippen molar-refractivity contribution < 1.29 is 28.2 Å². The van der Waals surface area contributed by atoms with Gasteiger partial charge in [0.25, 0.3) is 5.91 Å². The van der Waals surface area contributed by atoms with Gasteiger partial charge in [0, 0.05) is 18.2 Å². The van der Waals surface area contributed by atoms with Gasteiger partial charge in [-0.05, 0) is 30.3 Å². The van der Waals surface area contributed by atoms with Gasteiger partial charge in [0.2, 0.25) is 11.7 Å². The molecule has 0 bridgehead atoms. The molecule has 2 amide bonds. The lowest BCUT2D eigenvalue weighted by molar-refractivity contribution is -0.114. The molecule has 26 heavy (non-hydrogen) atoms. The van der Waals surface area contributed by atoms with Crippen molar-refractivity contribution in [2.24, 2.45) is 0 Å². The summed E-state index contributed by atoms with van der Waals surface area (Å²) < 4.78 is 29.6. The first-order valence-electron chi connectivity index (χ1n) is 7.58. The molecule has 0 saturated carbocycles. The number of carbonyl (C=O) groups is 2. The Bertz CT molecular complexity index is 813. The van der Waals surface area contributed by atoms with Crippen LogP contribution >= 0.6 is 0 Å². The molecule has 0 aliphatic carbocycles. The Morgan fingerprint density at radius 1 is 0.923 bits per heavy atom. The summed E-state index contributed by atoms with van der Waals surface area (Å²) in [5, 5.41) is 4.99. The highest BCUT2D eigenvalue weighted by Crippen LogP contribution is 2.38. The monoisotopic (exact) mass is 362 g/mol. The molecule has 0 unspecified atom stereocenters. The minimum Gasteiger partial charge on any atom is -0.493 e. The van der Waals surface area contributed by atoms with Crippen molar-refractivity contribution in [1.29, 1.82) is 0 Å². The molecule has 0 aliphatic heterocycles. The van der Waals surface area contributed by atoms with Crippen molar-refractivity contribution in [3.8, 4) is 17.2 Å². The zero-order valence-electron chi connectivity index (χ0n) is 14.8. The molecule has 0 fully saturated rings. The Hall–Kier alpha value is -3.29. The topological polar surface area (TPSA) is 85.9 Å². The first kappa shape index (κ1) is 19.0. The first-order valence-corrected chi connectivity index (χ1v) is 7.58. The summed E-state index contributed by atoms with van der Waals surface area (Å²) in [6, 6.07) is 6.77. The summed E-state index contributed by atoms with van der Waals surface area (Å²) in [6.45, 7) is 1.33. The van der Waals surface area contributed by atoms with E-state index in [1.54, 1.807) is 0 Å². The van der Waals surface area contributed by atoms with E-state index in [0.29, 0.717) is 22.9 Å². The van der Waals surface area contributed by atoms with E-state index in [-0.39, 0.29) is 17.2 Å². The lowest BCUT2D eigenvalue weighted by Gasteiger charge is -2.14. The van der Waals surface area contributed by atoms with Crippen LogP contribution in [0.5, 0.6) is 17.2 Å². The van der Waals surface area contributed by atoms with Gasteiger partial charge in [-0.3, -0.25) is 9.59 Å². The average Bonchev–Trinajstić information content (AvgIpc) is 2.62. The maximum Gasteiger partial charge on any atom is 0.256 e. The summed E-state index contributed by atoms with van der Waals surface area (Å²) in [5.74, 6) is -0.596. The van der Waals surface area contributed by atoms with Crippen molar-refractivity contribution >= 4 is 23.2 Å². The molecule has 8 heteroatoms. The largest absolute Gasteiger partial charge is 0.493 e. The third-order valence-electron chi connectivity index (χ3n) is 3.46. The number of anilines is 2. The fraction of sp³-hybridized carbons (Fsp3) is 0.222. The molecular formula is C18H19FN2O5. The normalized spacial score (nSPS) is 10.0. The number of ether oxygens (including phenoxy) is 3. The molecule has 2 aromatic carbocycles. The number of carbonyl (C=O) groups excluding carboxylic acids is 2. The van der Waals surface area contributed by atoms with Gasteiger partial charge in [0.1, 0.15) is 5.82 Å². The van der Waals surface area contributed by atoms with Gasteiger partial charge in [-0.25, -0.2) is 4.39 Å². The molecule has 0 aliphatic rings. The summed E-state index contributed by atoms with van der Waals surface area (Å²) in [6.07, 6.45) is 0. The van der Waals surface area contributed by atoms with Crippen LogP contribution in [0.2, 0.25) is 0 Å². The highest BCUT2D eigenvalue weighted by atomic mass is 19.1. The zero-order valence-corrected chi connectivity index (χ0v) is 14.8. The smallest absolute Gasteiger partial charge is 0.256 e. The van der Waals surface area contributed by atoms with Gasteiger partial charge in [0.15, 0.2) is 11.5 Å². The SMILES string of the molecule is COc1cc(C(=O)Nc2cc(NC(C)=O)ccc2F)cc(OC)c1OC. The minimum absolute atomic E-state index is 0.0741. The van der Waals surface area contributed by atoms with E-state index in [4.69, 9.17) is 14.2 Å². The van der Waals surface area contributed by atoms with Crippen LogP contribution in [0.3, 0.4) is 0 Å². The predicted octanol–water partition coefficient (Wildman–Crippen LogP) is 3.06. The van der Waals surface area contributed by atoms with E-state index in [0.717, 1.165) is 6.07 Å². The molecular weight excluding hydrogens is 343 g/mol. The van der Waals surface area contributed by atoms with Crippen LogP contribution in [0, 0.1) is 5.82 Å². The average molecular weight is 362 g/mol. The summed E-state index contributed by atoms with van der Waals surface area (Å²) in [4.78, 5) is 23.6. The van der Waals surface area contributed by atoms with E-state index >= 15 is 0 Å². The second kappa shape index (κ2) is 8.19. The Morgan fingerprint density at radius 3 is 2.04 bits per heavy atom. The van der Waals surface area contributed by atoms with Crippen LogP contribution in [-0.4, -0.2) is 33.1 Å². The number of hydrogen-bond donors (Lipinski definition) is 2. The highest BCUT2D eigenvalue weighted by molar-refractivity contribution is 6.05. The number of nitrogens with one attached hydrogen (secondary N) is 2. The van der Waals surface area contributed by atoms with Crippen LogP contribution in [0.15, 0.2) is 30.3 Å². The van der Waals surface area contributed by atoms with Gasteiger partial charge in [-0.2, -0.15) is 0 Å². The number of benzene rings is 2. The molecule has 2 rings (SSSR count). The zero-order chi connectivity index (χ0) is 19.3. The molecule has 0 atom stereocenters. The fourth-order valence-electron chi connectivity index (χ4n) is 2.31. The molecule has 138 valence electrons. The number of halogens is 1. The second-order valence-corrected chi connectivity index (χ2v) is 5.24. The van der Waals surface area contributed by atoms with Crippen LogP contribution in [0.25, 0.3) is 0 Å². The molecule has 0 saturated heterocycles. The van der Waals surface area contributed by atoms with Crippen molar-refractivity contribution in [2.45, 2.75) is 6.92 Å². The number of rotatable bonds is 6. The standard InChI is InChI=1S/C18H19FN2O5/c1-10(22)20-12-5-6-13(19)14(9-12)21-18(23)11-7-15(24-2)17(26-4)16(8-11)25-3/h5-9H,1-4H3,(H,20,22)(H,21,23). The number of methoxy groups -OCH3 is 3. The fourth-order valence-corrected chi connectivity index (χ4v) is 2.31. The quantitative estimate of drug-likeness (QED) is 0.825. The summed E-state index contributed by atoms with van der Waals surface area (Å²) in [7, 11) is 4.30. The van der Waals surface area contributed by atoms with Crippen molar-refractivity contribution in [3.05, 3.63) is 41.7 Å². The van der Waals surface area contributed by atoms with Crippen molar-refractivity contribution in [1.82, 2.24) is 0 Å². The first-order chi connectivity index (χ1) is 12.4. The predicted molar refractivity (Wildman–Crippen MR) is 94.8 cm³/mol. The van der Waals surface area contributed by atoms with Gasteiger partial charge in [-0.1, -0.05) is 0 Å². The third kappa shape index (κ3) is 4.21. The number of amides is 2. The van der Waals surface area contributed by atoms with Crippen LogP contribution in [-0.2, 0) is 4.79 Å².